The average molecular weight is 389 g/mol. The van der Waals surface area contributed by atoms with Crippen LogP contribution in [0, 0.1) is 0 Å². The van der Waals surface area contributed by atoms with Crippen LogP contribution in [-0.2, 0) is 16.1 Å². The van der Waals surface area contributed by atoms with Gasteiger partial charge in [0.25, 0.3) is 0 Å². The van der Waals surface area contributed by atoms with Crippen LogP contribution in [0.25, 0.3) is 10.9 Å². The number of ether oxygens (including phenoxy) is 1. The van der Waals surface area contributed by atoms with E-state index >= 15 is 0 Å². The molecule has 136 valence electrons. The van der Waals surface area contributed by atoms with E-state index in [1.54, 1.807) is 7.11 Å². The van der Waals surface area contributed by atoms with E-state index in [9.17, 15) is 4.79 Å². The summed E-state index contributed by atoms with van der Waals surface area (Å²) in [5.41, 5.74) is 1.93. The lowest BCUT2D eigenvalue weighted by Crippen LogP contribution is -2.22. The molecule has 0 aliphatic rings. The zero-order valence-electron chi connectivity index (χ0n) is 14.7. The number of methoxy groups -OCH3 is 1. The molecule has 0 aliphatic carbocycles. The van der Waals surface area contributed by atoms with Gasteiger partial charge in [0.05, 0.1) is 11.9 Å². The number of carbonyl (C=O) groups is 1. The highest BCUT2D eigenvalue weighted by atomic mass is 35.5. The van der Waals surface area contributed by atoms with Crippen LogP contribution < -0.4 is 5.32 Å². The Labute approximate surface area is 162 Å². The van der Waals surface area contributed by atoms with Crippen LogP contribution in [0.4, 0.5) is 5.69 Å². The first-order valence-corrected chi connectivity index (χ1v) is 9.63. The molecule has 0 aliphatic heterocycles. The summed E-state index contributed by atoms with van der Waals surface area (Å²) in [6, 6.07) is 15.5. The number of fused-ring (bicyclic) bond motifs is 1. The Morgan fingerprint density at radius 1 is 1.23 bits per heavy atom. The lowest BCUT2D eigenvalue weighted by atomic mass is 10.2. The van der Waals surface area contributed by atoms with Crippen molar-refractivity contribution in [2.24, 2.45) is 0 Å². The highest BCUT2D eigenvalue weighted by molar-refractivity contribution is 8.00. The van der Waals surface area contributed by atoms with Crippen LogP contribution >= 0.6 is 23.4 Å². The molecule has 1 heterocycles. The zero-order chi connectivity index (χ0) is 18.5. The van der Waals surface area contributed by atoms with E-state index in [0.29, 0.717) is 11.6 Å². The first-order valence-electron chi connectivity index (χ1n) is 8.38. The second-order valence-corrected chi connectivity index (χ2v) is 7.83. The van der Waals surface area contributed by atoms with Crippen LogP contribution in [0.15, 0.2) is 59.6 Å². The van der Waals surface area contributed by atoms with Gasteiger partial charge in [0, 0.05) is 46.4 Å². The van der Waals surface area contributed by atoms with Crippen molar-refractivity contribution in [3.63, 3.8) is 0 Å². The molecule has 0 spiro atoms. The standard InChI is InChI=1S/C20H21ClN2O2S/c1-14(26-18-6-3-16(21)4-7-18)20(24)22-17-5-8-19-15(13-17)9-10-23(19)11-12-25-2/h3-10,13-14H,11-12H2,1-2H3,(H,22,24). The summed E-state index contributed by atoms with van der Waals surface area (Å²) in [6.07, 6.45) is 2.04. The lowest BCUT2D eigenvalue weighted by Gasteiger charge is -2.12. The fourth-order valence-corrected chi connectivity index (χ4v) is 3.67. The molecule has 4 nitrogen and oxygen atoms in total. The van der Waals surface area contributed by atoms with E-state index in [2.05, 4.69) is 9.88 Å². The number of nitrogens with one attached hydrogen (secondary N) is 1. The highest BCUT2D eigenvalue weighted by Crippen LogP contribution is 2.26. The molecule has 2 aromatic carbocycles. The summed E-state index contributed by atoms with van der Waals surface area (Å²) in [5, 5.41) is 4.57. The number of aromatic nitrogens is 1. The molecule has 0 radical (unpaired) electrons. The van der Waals surface area contributed by atoms with Gasteiger partial charge < -0.3 is 14.6 Å². The van der Waals surface area contributed by atoms with E-state index in [-0.39, 0.29) is 11.2 Å². The highest BCUT2D eigenvalue weighted by Gasteiger charge is 2.15. The Hall–Kier alpha value is -1.95. The predicted molar refractivity (Wildman–Crippen MR) is 109 cm³/mol. The average Bonchev–Trinajstić information content (AvgIpc) is 3.04. The van der Waals surface area contributed by atoms with Crippen molar-refractivity contribution in [3.8, 4) is 0 Å². The Morgan fingerprint density at radius 3 is 2.73 bits per heavy atom. The van der Waals surface area contributed by atoms with Crippen molar-refractivity contribution in [1.82, 2.24) is 4.57 Å². The molecule has 3 aromatic rings. The summed E-state index contributed by atoms with van der Waals surface area (Å²) in [5.74, 6) is -0.0249. The normalized spacial score (nSPS) is 12.3. The van der Waals surface area contributed by atoms with Crippen molar-refractivity contribution in [2.75, 3.05) is 19.0 Å². The minimum absolute atomic E-state index is 0.0249. The van der Waals surface area contributed by atoms with Crippen LogP contribution in [0.3, 0.4) is 0 Å². The second kappa shape index (κ2) is 8.62. The summed E-state index contributed by atoms with van der Waals surface area (Å²) in [6.45, 7) is 3.37. The molecule has 26 heavy (non-hydrogen) atoms. The first kappa shape index (κ1) is 18.8. The van der Waals surface area contributed by atoms with Gasteiger partial charge in [-0.1, -0.05) is 11.6 Å². The number of nitrogens with zero attached hydrogens (tertiary/aromatic N) is 1. The summed E-state index contributed by atoms with van der Waals surface area (Å²) < 4.78 is 7.28. The second-order valence-electron chi connectivity index (χ2n) is 5.98. The van der Waals surface area contributed by atoms with Gasteiger partial charge in [0.15, 0.2) is 0 Å². The van der Waals surface area contributed by atoms with Crippen molar-refractivity contribution in [1.29, 1.82) is 0 Å². The Kier molecular flexibility index (Phi) is 6.25. The van der Waals surface area contributed by atoms with Crippen LogP contribution in [0.5, 0.6) is 0 Å². The van der Waals surface area contributed by atoms with E-state index in [4.69, 9.17) is 16.3 Å². The Bertz CT molecular complexity index is 892. The van der Waals surface area contributed by atoms with Gasteiger partial charge in [0.1, 0.15) is 0 Å². The molecule has 3 rings (SSSR count). The van der Waals surface area contributed by atoms with E-state index in [0.717, 1.165) is 28.0 Å². The molecule has 1 N–H and O–H groups in total. The number of carbonyl (C=O) groups excluding carboxylic acids is 1. The van der Waals surface area contributed by atoms with E-state index < -0.39 is 0 Å². The van der Waals surface area contributed by atoms with Gasteiger partial charge in [-0.3, -0.25) is 4.79 Å². The maximum atomic E-state index is 12.5. The van der Waals surface area contributed by atoms with E-state index in [1.165, 1.54) is 11.8 Å². The number of thioether (sulfide) groups is 1. The maximum absolute atomic E-state index is 12.5. The van der Waals surface area contributed by atoms with Crippen LogP contribution in [0.2, 0.25) is 5.02 Å². The summed E-state index contributed by atoms with van der Waals surface area (Å²) >= 11 is 7.41. The quantitative estimate of drug-likeness (QED) is 0.575. The zero-order valence-corrected chi connectivity index (χ0v) is 16.3. The minimum Gasteiger partial charge on any atom is -0.383 e. The Balaban J connectivity index is 1.65. The third-order valence-corrected chi connectivity index (χ3v) is 5.43. The molecule has 0 saturated carbocycles. The minimum atomic E-state index is -0.210. The maximum Gasteiger partial charge on any atom is 0.237 e. The smallest absolute Gasteiger partial charge is 0.237 e. The lowest BCUT2D eigenvalue weighted by molar-refractivity contribution is -0.115. The third-order valence-electron chi connectivity index (χ3n) is 4.07. The topological polar surface area (TPSA) is 43.3 Å². The van der Waals surface area contributed by atoms with E-state index in [1.807, 2.05) is 61.7 Å². The molecular formula is C20H21ClN2O2S. The number of hydrogen-bond donors (Lipinski definition) is 1. The fraction of sp³-hybridized carbons (Fsp3) is 0.250. The van der Waals surface area contributed by atoms with Gasteiger partial charge >= 0.3 is 0 Å². The molecule has 1 amide bonds. The van der Waals surface area contributed by atoms with Gasteiger partial charge in [-0.05, 0) is 55.5 Å². The fourth-order valence-electron chi connectivity index (χ4n) is 2.68. The first-order chi connectivity index (χ1) is 12.6. The number of anilines is 1. The molecule has 6 heteroatoms. The third kappa shape index (κ3) is 4.61. The number of hydrogen-bond acceptors (Lipinski definition) is 3. The van der Waals surface area contributed by atoms with Crippen molar-refractivity contribution < 1.29 is 9.53 Å². The predicted octanol–water partition coefficient (Wildman–Crippen LogP) is 5.06. The largest absolute Gasteiger partial charge is 0.383 e. The molecule has 1 atom stereocenters. The van der Waals surface area contributed by atoms with Crippen molar-refractivity contribution in [3.05, 3.63) is 59.8 Å². The summed E-state index contributed by atoms with van der Waals surface area (Å²) in [7, 11) is 1.70. The molecule has 0 fully saturated rings. The molecule has 1 unspecified atom stereocenters. The number of rotatable bonds is 7. The molecule has 0 bridgehead atoms. The summed E-state index contributed by atoms with van der Waals surface area (Å²) in [4.78, 5) is 13.5. The van der Waals surface area contributed by atoms with Crippen LogP contribution in [0.1, 0.15) is 6.92 Å². The number of benzene rings is 2. The van der Waals surface area contributed by atoms with Crippen molar-refractivity contribution >= 4 is 45.9 Å². The molecule has 0 saturated heterocycles. The SMILES string of the molecule is COCCn1ccc2cc(NC(=O)C(C)Sc3ccc(Cl)cc3)ccc21. The molecular weight excluding hydrogens is 368 g/mol. The van der Waals surface area contributed by atoms with Gasteiger partial charge in [-0.25, -0.2) is 0 Å². The molecule has 1 aromatic heterocycles. The van der Waals surface area contributed by atoms with Gasteiger partial charge in [0.2, 0.25) is 5.91 Å². The monoisotopic (exact) mass is 388 g/mol. The number of halogens is 1. The van der Waals surface area contributed by atoms with Crippen LogP contribution in [-0.4, -0.2) is 29.4 Å². The van der Waals surface area contributed by atoms with Gasteiger partial charge in [-0.15, -0.1) is 11.8 Å². The number of amides is 1. The van der Waals surface area contributed by atoms with Crippen molar-refractivity contribution in [2.45, 2.75) is 23.6 Å². The van der Waals surface area contributed by atoms with Gasteiger partial charge in [-0.2, -0.15) is 0 Å². The Morgan fingerprint density at radius 2 is 2.00 bits per heavy atom.